The van der Waals surface area contributed by atoms with E-state index >= 15 is 0 Å². The average Bonchev–Trinajstić information content (AvgIpc) is 3.32. The van der Waals surface area contributed by atoms with Gasteiger partial charge in [-0.3, -0.25) is 4.79 Å². The highest BCUT2D eigenvalue weighted by Gasteiger charge is 2.25. The Hall–Kier alpha value is -4.56. The van der Waals surface area contributed by atoms with Crippen LogP contribution < -0.4 is 19.9 Å². The second kappa shape index (κ2) is 11.0. The predicted octanol–water partition coefficient (Wildman–Crippen LogP) is 6.51. The number of thiophene rings is 1. The predicted molar refractivity (Wildman–Crippen MR) is 157 cm³/mol. The molecule has 39 heavy (non-hydrogen) atoms. The Morgan fingerprint density at radius 2 is 1.49 bits per heavy atom. The highest BCUT2D eigenvalue weighted by Crippen LogP contribution is 2.46. The SMILES string of the molecule is COc1cc(-c2cc(-c3ccccc3)nc3sc(C(=O)N(C)Cc4ccccc4)c(N)c23)cc(OC)c1OC. The number of nitrogens with two attached hydrogens (primary N) is 1. The maximum atomic E-state index is 13.6. The number of amides is 1. The Kier molecular flexibility index (Phi) is 7.38. The number of nitrogens with zero attached hydrogens (tertiary/aromatic N) is 2. The van der Waals surface area contributed by atoms with Crippen LogP contribution >= 0.6 is 11.3 Å². The smallest absolute Gasteiger partial charge is 0.266 e. The first kappa shape index (κ1) is 26.1. The van der Waals surface area contributed by atoms with E-state index in [1.54, 1.807) is 33.3 Å². The van der Waals surface area contributed by atoms with Gasteiger partial charge in [0, 0.05) is 24.5 Å². The molecule has 5 rings (SSSR count). The molecule has 0 saturated carbocycles. The molecular weight excluding hydrogens is 510 g/mol. The third kappa shape index (κ3) is 4.98. The van der Waals surface area contributed by atoms with Gasteiger partial charge in [-0.1, -0.05) is 60.7 Å². The maximum absolute atomic E-state index is 13.6. The van der Waals surface area contributed by atoms with E-state index in [1.165, 1.54) is 11.3 Å². The summed E-state index contributed by atoms with van der Waals surface area (Å²) >= 11 is 1.30. The van der Waals surface area contributed by atoms with Crippen LogP contribution in [0.5, 0.6) is 17.2 Å². The van der Waals surface area contributed by atoms with Crippen molar-refractivity contribution >= 4 is 33.1 Å². The lowest BCUT2D eigenvalue weighted by atomic mass is 9.98. The topological polar surface area (TPSA) is 86.9 Å². The van der Waals surface area contributed by atoms with Crippen LogP contribution in [0.15, 0.2) is 78.9 Å². The second-order valence-electron chi connectivity index (χ2n) is 9.01. The van der Waals surface area contributed by atoms with E-state index in [4.69, 9.17) is 24.9 Å². The number of hydrogen-bond donors (Lipinski definition) is 1. The molecule has 2 heterocycles. The van der Waals surface area contributed by atoms with Gasteiger partial charge in [-0.25, -0.2) is 4.98 Å². The molecule has 0 radical (unpaired) electrons. The summed E-state index contributed by atoms with van der Waals surface area (Å²) in [4.78, 5) is 21.3. The Morgan fingerprint density at radius 1 is 0.872 bits per heavy atom. The van der Waals surface area contributed by atoms with Gasteiger partial charge in [-0.05, 0) is 34.9 Å². The molecule has 0 saturated heterocycles. The molecule has 0 aliphatic heterocycles. The third-order valence-corrected chi connectivity index (χ3v) is 7.64. The van der Waals surface area contributed by atoms with Crippen LogP contribution in [0, 0.1) is 0 Å². The minimum atomic E-state index is -0.156. The van der Waals surface area contributed by atoms with Gasteiger partial charge in [0.05, 0.1) is 32.7 Å². The van der Waals surface area contributed by atoms with Crippen molar-refractivity contribution in [3.63, 3.8) is 0 Å². The van der Waals surface area contributed by atoms with Crippen molar-refractivity contribution in [3.8, 4) is 39.6 Å². The van der Waals surface area contributed by atoms with Crippen LogP contribution in [-0.2, 0) is 6.54 Å². The molecule has 5 aromatic rings. The number of carbonyl (C=O) groups excluding carboxylic acids is 1. The van der Waals surface area contributed by atoms with E-state index in [0.29, 0.717) is 44.6 Å². The van der Waals surface area contributed by atoms with Gasteiger partial charge in [-0.2, -0.15) is 0 Å². The molecule has 2 N–H and O–H groups in total. The number of carbonyl (C=O) groups is 1. The zero-order chi connectivity index (χ0) is 27.5. The van der Waals surface area contributed by atoms with Crippen molar-refractivity contribution in [2.45, 2.75) is 6.54 Å². The summed E-state index contributed by atoms with van der Waals surface area (Å²) in [6.07, 6.45) is 0. The summed E-state index contributed by atoms with van der Waals surface area (Å²) < 4.78 is 16.8. The summed E-state index contributed by atoms with van der Waals surface area (Å²) in [7, 11) is 6.51. The Labute approximate surface area is 231 Å². The van der Waals surface area contributed by atoms with Gasteiger partial charge in [0.1, 0.15) is 9.71 Å². The van der Waals surface area contributed by atoms with E-state index in [2.05, 4.69) is 0 Å². The number of hydrogen-bond acceptors (Lipinski definition) is 7. The molecule has 0 atom stereocenters. The molecule has 3 aromatic carbocycles. The molecular formula is C31H29N3O4S. The van der Waals surface area contributed by atoms with E-state index in [1.807, 2.05) is 78.9 Å². The number of methoxy groups -OCH3 is 3. The van der Waals surface area contributed by atoms with Crippen molar-refractivity contribution in [2.24, 2.45) is 0 Å². The Balaban J connectivity index is 1.70. The van der Waals surface area contributed by atoms with Crippen LogP contribution in [0.1, 0.15) is 15.2 Å². The standard InChI is InChI=1S/C31H29N3O4S/c1-34(18-19-11-7-5-8-12-19)31(35)29-27(32)26-22(21-15-24(36-2)28(38-4)25(16-21)37-3)17-23(33-30(26)39-29)20-13-9-6-10-14-20/h5-17H,18,32H2,1-4H3. The second-order valence-corrected chi connectivity index (χ2v) is 10.0. The number of ether oxygens (including phenoxy) is 3. The molecule has 7 nitrogen and oxygen atoms in total. The first-order valence-electron chi connectivity index (χ1n) is 12.3. The summed E-state index contributed by atoms with van der Waals surface area (Å²) in [6.45, 7) is 0.468. The lowest BCUT2D eigenvalue weighted by Crippen LogP contribution is -2.26. The molecule has 0 spiro atoms. The van der Waals surface area contributed by atoms with E-state index in [9.17, 15) is 4.79 Å². The van der Waals surface area contributed by atoms with Crippen molar-refractivity contribution in [1.82, 2.24) is 9.88 Å². The molecule has 0 aliphatic rings. The molecule has 0 fully saturated rings. The normalized spacial score (nSPS) is 10.9. The molecule has 0 bridgehead atoms. The summed E-state index contributed by atoms with van der Waals surface area (Å²) in [5.41, 5.74) is 11.5. The Bertz CT molecular complexity index is 1610. The molecule has 198 valence electrons. The molecule has 2 aromatic heterocycles. The fourth-order valence-electron chi connectivity index (χ4n) is 4.60. The number of rotatable bonds is 8. The van der Waals surface area contributed by atoms with Crippen LogP contribution in [0.4, 0.5) is 5.69 Å². The number of anilines is 1. The van der Waals surface area contributed by atoms with Crippen molar-refractivity contribution in [3.05, 3.63) is 89.3 Å². The summed E-state index contributed by atoms with van der Waals surface area (Å²) in [5.74, 6) is 1.38. The van der Waals surface area contributed by atoms with Gasteiger partial charge in [0.15, 0.2) is 11.5 Å². The highest BCUT2D eigenvalue weighted by molar-refractivity contribution is 7.21. The van der Waals surface area contributed by atoms with Gasteiger partial charge < -0.3 is 24.8 Å². The number of nitrogen functional groups attached to an aromatic ring is 1. The molecule has 8 heteroatoms. The summed E-state index contributed by atoms with van der Waals surface area (Å²) in [6, 6.07) is 25.5. The van der Waals surface area contributed by atoms with E-state index < -0.39 is 0 Å². The molecule has 0 unspecified atom stereocenters. The largest absolute Gasteiger partial charge is 0.493 e. The number of benzene rings is 3. The third-order valence-electron chi connectivity index (χ3n) is 6.55. The average molecular weight is 540 g/mol. The fourth-order valence-corrected chi connectivity index (χ4v) is 5.72. The minimum Gasteiger partial charge on any atom is -0.493 e. The van der Waals surface area contributed by atoms with E-state index in [0.717, 1.165) is 27.9 Å². The quantitative estimate of drug-likeness (QED) is 0.242. The summed E-state index contributed by atoms with van der Waals surface area (Å²) in [5, 5.41) is 0.713. The maximum Gasteiger partial charge on any atom is 0.266 e. The minimum absolute atomic E-state index is 0.156. The first-order valence-corrected chi connectivity index (χ1v) is 13.1. The van der Waals surface area contributed by atoms with Gasteiger partial charge >= 0.3 is 0 Å². The number of aromatic nitrogens is 1. The van der Waals surface area contributed by atoms with Crippen LogP contribution in [0.3, 0.4) is 0 Å². The monoisotopic (exact) mass is 539 g/mol. The highest BCUT2D eigenvalue weighted by atomic mass is 32.1. The van der Waals surface area contributed by atoms with Crippen molar-refractivity contribution < 1.29 is 19.0 Å². The zero-order valence-electron chi connectivity index (χ0n) is 22.2. The molecule has 1 amide bonds. The lowest BCUT2D eigenvalue weighted by Gasteiger charge is -2.17. The van der Waals surface area contributed by atoms with Crippen LogP contribution in [-0.4, -0.2) is 44.2 Å². The number of pyridine rings is 1. The fraction of sp³-hybridized carbons (Fsp3) is 0.161. The van der Waals surface area contributed by atoms with Crippen molar-refractivity contribution in [2.75, 3.05) is 34.1 Å². The van der Waals surface area contributed by atoms with Gasteiger partial charge in [0.2, 0.25) is 5.75 Å². The van der Waals surface area contributed by atoms with Crippen LogP contribution in [0.2, 0.25) is 0 Å². The van der Waals surface area contributed by atoms with Crippen molar-refractivity contribution in [1.29, 1.82) is 0 Å². The Morgan fingerprint density at radius 3 is 2.08 bits per heavy atom. The zero-order valence-corrected chi connectivity index (χ0v) is 23.0. The first-order chi connectivity index (χ1) is 18.9. The lowest BCUT2D eigenvalue weighted by molar-refractivity contribution is 0.0791. The van der Waals surface area contributed by atoms with Gasteiger partial charge in [-0.15, -0.1) is 11.3 Å². The number of fused-ring (bicyclic) bond motifs is 1. The van der Waals surface area contributed by atoms with E-state index in [-0.39, 0.29) is 5.91 Å². The molecule has 0 aliphatic carbocycles. The van der Waals surface area contributed by atoms with Gasteiger partial charge in [0.25, 0.3) is 5.91 Å². The van der Waals surface area contributed by atoms with Crippen LogP contribution in [0.25, 0.3) is 32.6 Å².